The number of aromatic nitrogens is 2. The molecule has 0 unspecified atom stereocenters. The van der Waals surface area contributed by atoms with Crippen LogP contribution in [0.5, 0.6) is 0 Å². The first-order valence-electron chi connectivity index (χ1n) is 11.1. The molecule has 0 radical (unpaired) electrons. The number of hydrogen-bond acceptors (Lipinski definition) is 5. The predicted octanol–water partition coefficient (Wildman–Crippen LogP) is 5.04. The highest BCUT2D eigenvalue weighted by Crippen LogP contribution is 2.36. The summed E-state index contributed by atoms with van der Waals surface area (Å²) in [4.78, 5) is 33.6. The number of nitrogens with zero attached hydrogens (tertiary/aromatic N) is 2. The Morgan fingerprint density at radius 2 is 2.00 bits per heavy atom. The first-order valence-corrected chi connectivity index (χ1v) is 12.8. The Bertz CT molecular complexity index is 1390. The largest absolute Gasteiger partial charge is 0.351 e. The third-order valence-electron chi connectivity index (χ3n) is 5.93. The zero-order chi connectivity index (χ0) is 22.9. The lowest BCUT2D eigenvalue weighted by Crippen LogP contribution is -2.31. The van der Waals surface area contributed by atoms with E-state index in [1.165, 1.54) is 22.2 Å². The molecule has 7 heteroatoms. The third kappa shape index (κ3) is 4.35. The van der Waals surface area contributed by atoms with Gasteiger partial charge in [-0.15, -0.1) is 11.3 Å². The molecule has 1 aliphatic rings. The fourth-order valence-electron chi connectivity index (χ4n) is 4.24. The van der Waals surface area contributed by atoms with Crippen LogP contribution >= 0.6 is 23.1 Å². The molecule has 4 aromatic rings. The number of carbonyl (C=O) groups is 1. The maximum atomic E-state index is 13.8. The van der Waals surface area contributed by atoms with Crippen molar-refractivity contribution in [3.05, 3.63) is 86.5 Å². The highest BCUT2D eigenvalue weighted by atomic mass is 32.2. The smallest absolute Gasteiger partial charge is 0.267 e. The van der Waals surface area contributed by atoms with Gasteiger partial charge in [-0.25, -0.2) is 4.98 Å². The zero-order valence-corrected chi connectivity index (χ0v) is 20.3. The molecule has 1 aliphatic carbocycles. The van der Waals surface area contributed by atoms with E-state index in [0.29, 0.717) is 11.7 Å². The number of fused-ring (bicyclic) bond motifs is 3. The normalized spacial score (nSPS) is 13.8. The second kappa shape index (κ2) is 9.15. The summed E-state index contributed by atoms with van der Waals surface area (Å²) in [5, 5.41) is 3.90. The van der Waals surface area contributed by atoms with Gasteiger partial charge in [-0.3, -0.25) is 14.2 Å². The zero-order valence-electron chi connectivity index (χ0n) is 18.6. The number of thioether (sulfide) groups is 1. The number of benzene rings is 2. The van der Waals surface area contributed by atoms with E-state index in [9.17, 15) is 9.59 Å². The van der Waals surface area contributed by atoms with Crippen molar-refractivity contribution < 1.29 is 4.79 Å². The van der Waals surface area contributed by atoms with Crippen molar-refractivity contribution in [3.63, 3.8) is 0 Å². The topological polar surface area (TPSA) is 64.0 Å². The molecule has 0 bridgehead atoms. The Hall–Kier alpha value is -2.90. The van der Waals surface area contributed by atoms with Crippen LogP contribution in [0.4, 0.5) is 0 Å². The molecule has 2 aromatic heterocycles. The van der Waals surface area contributed by atoms with Crippen LogP contribution in [0.15, 0.2) is 64.5 Å². The molecule has 1 amide bonds. The minimum Gasteiger partial charge on any atom is -0.351 e. The first kappa shape index (κ1) is 21.9. The minimum atomic E-state index is -0.402. The van der Waals surface area contributed by atoms with Gasteiger partial charge in [0.15, 0.2) is 5.16 Å². The number of hydrogen-bond donors (Lipinski definition) is 1. The van der Waals surface area contributed by atoms with Gasteiger partial charge in [0.2, 0.25) is 5.91 Å². The summed E-state index contributed by atoms with van der Waals surface area (Å²) >= 11 is 2.96. The fourth-order valence-corrected chi connectivity index (χ4v) is 6.49. The molecule has 5 rings (SSSR count). The van der Waals surface area contributed by atoms with Gasteiger partial charge in [-0.2, -0.15) is 0 Å². The van der Waals surface area contributed by atoms with Gasteiger partial charge in [0.05, 0.1) is 16.3 Å². The molecule has 168 valence electrons. The summed E-state index contributed by atoms with van der Waals surface area (Å²) < 4.78 is 1.69. The summed E-state index contributed by atoms with van der Waals surface area (Å²) in [5.41, 5.74) is 4.03. The Labute approximate surface area is 200 Å². The number of amides is 1. The SMILES string of the molecule is Cc1cccc(-n2c(S[C@@H](C)C(=O)NCc3ccccc3)nc3sc4c(c3c2=O)CCC4)c1. The first-order chi connectivity index (χ1) is 16.0. The van der Waals surface area contributed by atoms with Crippen LogP contribution in [0.25, 0.3) is 15.9 Å². The van der Waals surface area contributed by atoms with Crippen molar-refractivity contribution in [2.24, 2.45) is 0 Å². The van der Waals surface area contributed by atoms with E-state index >= 15 is 0 Å². The number of rotatable bonds is 6. The molecular weight excluding hydrogens is 450 g/mol. The highest BCUT2D eigenvalue weighted by molar-refractivity contribution is 8.00. The predicted molar refractivity (Wildman–Crippen MR) is 136 cm³/mol. The van der Waals surface area contributed by atoms with Crippen LogP contribution in [0.3, 0.4) is 0 Å². The van der Waals surface area contributed by atoms with E-state index in [1.54, 1.807) is 15.9 Å². The highest BCUT2D eigenvalue weighted by Gasteiger charge is 2.25. The average Bonchev–Trinajstić information content (AvgIpc) is 3.39. The summed E-state index contributed by atoms with van der Waals surface area (Å²) in [6.45, 7) is 4.34. The van der Waals surface area contributed by atoms with Gasteiger partial charge < -0.3 is 5.32 Å². The molecule has 0 fully saturated rings. The molecule has 1 N–H and O–H groups in total. The molecular formula is C26H25N3O2S2. The van der Waals surface area contributed by atoms with E-state index in [0.717, 1.165) is 46.3 Å². The van der Waals surface area contributed by atoms with Crippen molar-refractivity contribution in [3.8, 4) is 5.69 Å². The Balaban J connectivity index is 1.51. The second-order valence-corrected chi connectivity index (χ2v) is 10.8. The number of nitrogens with one attached hydrogen (secondary N) is 1. The van der Waals surface area contributed by atoms with Crippen molar-refractivity contribution in [1.29, 1.82) is 0 Å². The lowest BCUT2D eigenvalue weighted by molar-refractivity contribution is -0.120. The van der Waals surface area contributed by atoms with E-state index in [2.05, 4.69) is 5.32 Å². The molecule has 2 heterocycles. The van der Waals surface area contributed by atoms with E-state index in [1.807, 2.05) is 68.4 Å². The number of carbonyl (C=O) groups excluding carboxylic acids is 1. The Kier molecular flexibility index (Phi) is 6.08. The monoisotopic (exact) mass is 475 g/mol. The molecule has 0 saturated carbocycles. The summed E-state index contributed by atoms with van der Waals surface area (Å²) in [7, 11) is 0. The average molecular weight is 476 g/mol. The van der Waals surface area contributed by atoms with E-state index in [4.69, 9.17) is 4.98 Å². The molecule has 0 aliphatic heterocycles. The van der Waals surface area contributed by atoms with Crippen molar-refractivity contribution in [2.45, 2.75) is 50.1 Å². The standard InChI is InChI=1S/C26H25N3O2S2/c1-16-8-6-11-19(14-16)29-25(31)22-20-12-7-13-21(20)33-24(22)28-26(29)32-17(2)23(30)27-15-18-9-4-3-5-10-18/h3-6,8-11,14,17H,7,12-13,15H2,1-2H3,(H,27,30)/t17-/m0/s1. The van der Waals surface area contributed by atoms with Crippen LogP contribution in [-0.4, -0.2) is 20.7 Å². The molecule has 0 saturated heterocycles. The summed E-state index contributed by atoms with van der Waals surface area (Å²) in [6.07, 6.45) is 3.04. The Morgan fingerprint density at radius 1 is 1.18 bits per heavy atom. The van der Waals surface area contributed by atoms with Crippen LogP contribution in [-0.2, 0) is 24.2 Å². The summed E-state index contributed by atoms with van der Waals surface area (Å²) in [6, 6.07) is 17.7. The van der Waals surface area contributed by atoms with Gasteiger partial charge in [-0.05, 0) is 61.9 Å². The van der Waals surface area contributed by atoms with Crippen molar-refractivity contribution >= 4 is 39.2 Å². The van der Waals surface area contributed by atoms with Gasteiger partial charge in [0.25, 0.3) is 5.56 Å². The van der Waals surface area contributed by atoms with Gasteiger partial charge in [0, 0.05) is 11.4 Å². The van der Waals surface area contributed by atoms with Gasteiger partial charge >= 0.3 is 0 Å². The fraction of sp³-hybridized carbons (Fsp3) is 0.269. The van der Waals surface area contributed by atoms with Crippen LogP contribution < -0.4 is 10.9 Å². The van der Waals surface area contributed by atoms with Crippen LogP contribution in [0.2, 0.25) is 0 Å². The second-order valence-electron chi connectivity index (χ2n) is 8.37. The number of thiophene rings is 1. The molecule has 1 atom stereocenters. The van der Waals surface area contributed by atoms with Gasteiger partial charge in [-0.1, -0.05) is 54.2 Å². The lowest BCUT2D eigenvalue weighted by atomic mass is 10.2. The number of aryl methyl sites for hydroxylation is 3. The third-order valence-corrected chi connectivity index (χ3v) is 8.17. The van der Waals surface area contributed by atoms with Crippen LogP contribution in [0, 0.1) is 6.92 Å². The molecule has 33 heavy (non-hydrogen) atoms. The molecule has 0 spiro atoms. The molecule has 5 nitrogen and oxygen atoms in total. The maximum Gasteiger partial charge on any atom is 0.267 e. The quantitative estimate of drug-likeness (QED) is 0.313. The summed E-state index contributed by atoms with van der Waals surface area (Å²) in [5.74, 6) is -0.0809. The van der Waals surface area contributed by atoms with E-state index < -0.39 is 5.25 Å². The maximum absolute atomic E-state index is 13.8. The van der Waals surface area contributed by atoms with Crippen LogP contribution in [0.1, 0.15) is 34.9 Å². The van der Waals surface area contributed by atoms with E-state index in [-0.39, 0.29) is 11.5 Å². The Morgan fingerprint density at radius 3 is 2.79 bits per heavy atom. The van der Waals surface area contributed by atoms with Gasteiger partial charge in [0.1, 0.15) is 4.83 Å². The minimum absolute atomic E-state index is 0.0376. The van der Waals surface area contributed by atoms with Crippen molar-refractivity contribution in [2.75, 3.05) is 0 Å². The van der Waals surface area contributed by atoms with Crippen molar-refractivity contribution in [1.82, 2.24) is 14.9 Å². The lowest BCUT2D eigenvalue weighted by Gasteiger charge is -2.16. The molecule has 2 aromatic carbocycles.